The number of hydrogen-bond donors (Lipinski definition) is 1. The topological polar surface area (TPSA) is 130 Å². The minimum Gasteiger partial charge on any atom is -0.469 e. The fraction of sp³-hybridized carbons (Fsp3) is 0.227. The Balaban J connectivity index is 2.15. The van der Waals surface area contributed by atoms with Crippen LogP contribution in [0, 0.1) is 17.0 Å². The first-order valence-electron chi connectivity index (χ1n) is 9.56. The number of hydrogen-bond acceptors (Lipinski definition) is 6. The van der Waals surface area contributed by atoms with Crippen molar-refractivity contribution in [2.45, 2.75) is 26.3 Å². The van der Waals surface area contributed by atoms with Gasteiger partial charge in [0.2, 0.25) is 0 Å². The Morgan fingerprint density at radius 1 is 1.19 bits per heavy atom. The van der Waals surface area contributed by atoms with Gasteiger partial charge in [-0.3, -0.25) is 24.7 Å². The number of esters is 1. The molecular formula is C22H22N4O5. The summed E-state index contributed by atoms with van der Waals surface area (Å²) in [7, 11) is 1.29. The molecular weight excluding hydrogens is 400 g/mol. The molecule has 2 heterocycles. The third-order valence-electron chi connectivity index (χ3n) is 5.10. The molecule has 0 unspecified atom stereocenters. The molecule has 2 N–H and O–H groups in total. The maximum absolute atomic E-state index is 12.4. The molecule has 0 spiro atoms. The van der Waals surface area contributed by atoms with E-state index in [-0.39, 0.29) is 17.7 Å². The lowest BCUT2D eigenvalue weighted by Gasteiger charge is -2.12. The lowest BCUT2D eigenvalue weighted by Crippen LogP contribution is -2.14. The number of aryl methyl sites for hydroxylation is 1. The van der Waals surface area contributed by atoms with E-state index in [0.29, 0.717) is 35.5 Å². The van der Waals surface area contributed by atoms with E-state index in [4.69, 9.17) is 10.5 Å². The van der Waals surface area contributed by atoms with E-state index in [2.05, 4.69) is 4.98 Å². The van der Waals surface area contributed by atoms with E-state index in [1.54, 1.807) is 25.3 Å². The Hall–Kier alpha value is -4.01. The summed E-state index contributed by atoms with van der Waals surface area (Å²) in [4.78, 5) is 39.4. The Morgan fingerprint density at radius 3 is 2.45 bits per heavy atom. The van der Waals surface area contributed by atoms with Gasteiger partial charge in [-0.2, -0.15) is 0 Å². The molecule has 0 fully saturated rings. The molecule has 160 valence electrons. The normalized spacial score (nSPS) is 10.6. The van der Waals surface area contributed by atoms with Crippen LogP contribution in [0.2, 0.25) is 0 Å². The summed E-state index contributed by atoms with van der Waals surface area (Å²) in [5, 5.41) is 11.0. The van der Waals surface area contributed by atoms with Crippen molar-refractivity contribution in [3.05, 3.63) is 81.4 Å². The summed E-state index contributed by atoms with van der Waals surface area (Å²) in [6.07, 6.45) is 2.19. The van der Waals surface area contributed by atoms with E-state index < -0.39 is 16.8 Å². The van der Waals surface area contributed by atoms with Crippen LogP contribution in [-0.2, 0) is 28.9 Å². The first-order valence-corrected chi connectivity index (χ1v) is 9.56. The molecule has 0 saturated heterocycles. The number of methoxy groups -OCH3 is 1. The second-order valence-electron chi connectivity index (χ2n) is 6.93. The zero-order valence-corrected chi connectivity index (χ0v) is 17.2. The number of non-ortho nitro benzene ring substituents is 1. The average Bonchev–Trinajstić information content (AvgIpc) is 3.04. The number of nitro groups is 1. The first kappa shape index (κ1) is 21.7. The van der Waals surface area contributed by atoms with Crippen LogP contribution < -0.4 is 5.73 Å². The Bertz CT molecular complexity index is 1120. The van der Waals surface area contributed by atoms with Gasteiger partial charge in [0.05, 0.1) is 24.0 Å². The average molecular weight is 422 g/mol. The molecule has 0 radical (unpaired) electrons. The van der Waals surface area contributed by atoms with Gasteiger partial charge < -0.3 is 15.0 Å². The van der Waals surface area contributed by atoms with Crippen LogP contribution in [0.25, 0.3) is 11.1 Å². The molecule has 3 aromatic rings. The molecule has 31 heavy (non-hydrogen) atoms. The minimum absolute atomic E-state index is 0.0785. The molecule has 0 atom stereocenters. The van der Waals surface area contributed by atoms with Crippen molar-refractivity contribution < 1.29 is 19.2 Å². The molecule has 0 saturated carbocycles. The molecule has 0 aliphatic heterocycles. The second kappa shape index (κ2) is 9.21. The molecule has 9 nitrogen and oxygen atoms in total. The third kappa shape index (κ3) is 4.61. The molecule has 0 aliphatic carbocycles. The SMILES string of the molecule is COC(=O)Cc1c(-c2ccc([N+](=O)[O-])cc2)c(C(N)=O)c(C)n1CCc1ccccn1. The van der Waals surface area contributed by atoms with E-state index in [0.717, 1.165) is 5.69 Å². The van der Waals surface area contributed by atoms with Crippen molar-refractivity contribution in [2.24, 2.45) is 5.73 Å². The third-order valence-corrected chi connectivity index (χ3v) is 5.10. The van der Waals surface area contributed by atoms with Crippen LogP contribution in [0.3, 0.4) is 0 Å². The minimum atomic E-state index is -0.645. The number of carbonyl (C=O) groups is 2. The monoisotopic (exact) mass is 422 g/mol. The van der Waals surface area contributed by atoms with Crippen molar-refractivity contribution in [3.63, 3.8) is 0 Å². The van der Waals surface area contributed by atoms with Gasteiger partial charge in [-0.1, -0.05) is 6.07 Å². The van der Waals surface area contributed by atoms with Gasteiger partial charge in [0.25, 0.3) is 11.6 Å². The van der Waals surface area contributed by atoms with Crippen molar-refractivity contribution in [3.8, 4) is 11.1 Å². The van der Waals surface area contributed by atoms with Crippen molar-refractivity contribution in [1.29, 1.82) is 0 Å². The number of nitro benzene ring substituents is 1. The van der Waals surface area contributed by atoms with Crippen LogP contribution >= 0.6 is 0 Å². The zero-order chi connectivity index (χ0) is 22.5. The fourth-order valence-electron chi connectivity index (χ4n) is 3.63. The van der Waals surface area contributed by atoms with Crippen molar-refractivity contribution in [2.75, 3.05) is 7.11 Å². The van der Waals surface area contributed by atoms with Gasteiger partial charge in [0.15, 0.2) is 0 Å². The maximum atomic E-state index is 12.4. The highest BCUT2D eigenvalue weighted by molar-refractivity contribution is 6.02. The Labute approximate surface area is 178 Å². The summed E-state index contributed by atoms with van der Waals surface area (Å²) >= 11 is 0. The standard InChI is InChI=1S/C22H22N4O5/c1-14-20(22(23)28)21(15-6-8-17(9-7-15)26(29)30)18(13-19(27)31-2)25(14)12-10-16-5-3-4-11-24-16/h3-9,11H,10,12-13H2,1-2H3,(H2,23,28). The summed E-state index contributed by atoms with van der Waals surface area (Å²) in [5.41, 5.74) is 8.94. The van der Waals surface area contributed by atoms with Crippen LogP contribution in [0.5, 0.6) is 0 Å². The Morgan fingerprint density at radius 2 is 1.90 bits per heavy atom. The fourth-order valence-corrected chi connectivity index (χ4v) is 3.63. The number of ether oxygens (including phenoxy) is 1. The summed E-state index contributed by atoms with van der Waals surface area (Å²) in [6.45, 7) is 2.22. The number of benzene rings is 1. The summed E-state index contributed by atoms with van der Waals surface area (Å²) in [6, 6.07) is 11.4. The number of amides is 1. The maximum Gasteiger partial charge on any atom is 0.311 e. The highest BCUT2D eigenvalue weighted by atomic mass is 16.6. The predicted molar refractivity (Wildman–Crippen MR) is 113 cm³/mol. The van der Waals surface area contributed by atoms with Gasteiger partial charge in [0.1, 0.15) is 0 Å². The zero-order valence-electron chi connectivity index (χ0n) is 17.2. The number of carbonyl (C=O) groups excluding carboxylic acids is 2. The molecule has 2 aromatic heterocycles. The number of primary amides is 1. The van der Waals surface area contributed by atoms with E-state index in [1.165, 1.54) is 19.2 Å². The summed E-state index contributed by atoms with van der Waals surface area (Å²) < 4.78 is 6.72. The quantitative estimate of drug-likeness (QED) is 0.337. The van der Waals surface area contributed by atoms with Gasteiger partial charge >= 0.3 is 5.97 Å². The lowest BCUT2D eigenvalue weighted by molar-refractivity contribution is -0.384. The molecule has 1 aromatic carbocycles. The highest BCUT2D eigenvalue weighted by Crippen LogP contribution is 2.34. The first-order chi connectivity index (χ1) is 14.8. The molecule has 1 amide bonds. The largest absolute Gasteiger partial charge is 0.469 e. The second-order valence-corrected chi connectivity index (χ2v) is 6.93. The smallest absolute Gasteiger partial charge is 0.311 e. The van der Waals surface area contributed by atoms with Crippen LogP contribution in [0.1, 0.15) is 27.4 Å². The van der Waals surface area contributed by atoms with Gasteiger partial charge in [0, 0.05) is 53.9 Å². The van der Waals surface area contributed by atoms with Gasteiger partial charge in [-0.15, -0.1) is 0 Å². The number of pyridine rings is 1. The molecule has 3 rings (SSSR count). The van der Waals surface area contributed by atoms with Crippen LogP contribution in [0.4, 0.5) is 5.69 Å². The predicted octanol–water partition coefficient (Wildman–Crippen LogP) is 2.82. The lowest BCUT2D eigenvalue weighted by atomic mass is 9.98. The van der Waals surface area contributed by atoms with Crippen molar-refractivity contribution >= 4 is 17.6 Å². The van der Waals surface area contributed by atoms with E-state index in [1.807, 2.05) is 22.8 Å². The molecule has 0 bridgehead atoms. The molecule has 0 aliphatic rings. The van der Waals surface area contributed by atoms with Gasteiger partial charge in [-0.25, -0.2) is 0 Å². The van der Waals surface area contributed by atoms with E-state index in [9.17, 15) is 19.7 Å². The number of aromatic nitrogens is 2. The van der Waals surface area contributed by atoms with Gasteiger partial charge in [-0.05, 0) is 36.8 Å². The number of nitrogens with zero attached hydrogens (tertiary/aromatic N) is 3. The number of rotatable bonds is 8. The molecule has 9 heteroatoms. The number of nitrogens with two attached hydrogens (primary N) is 1. The van der Waals surface area contributed by atoms with Crippen molar-refractivity contribution in [1.82, 2.24) is 9.55 Å². The highest BCUT2D eigenvalue weighted by Gasteiger charge is 2.26. The van der Waals surface area contributed by atoms with Crippen LogP contribution in [0.15, 0.2) is 48.7 Å². The summed E-state index contributed by atoms with van der Waals surface area (Å²) in [5.74, 6) is -1.12. The van der Waals surface area contributed by atoms with Crippen LogP contribution in [-0.4, -0.2) is 33.5 Å². The Kier molecular flexibility index (Phi) is 6.44. The van der Waals surface area contributed by atoms with E-state index >= 15 is 0 Å².